The molecule has 8 atom stereocenters. The van der Waals surface area contributed by atoms with Crippen molar-refractivity contribution in [1.29, 1.82) is 0 Å². The molecule has 0 aliphatic heterocycles. The van der Waals surface area contributed by atoms with Gasteiger partial charge >= 0.3 is 0 Å². The molecule has 0 radical (unpaired) electrons. The average Bonchev–Trinajstić information content (AvgIpc) is 3.18. The lowest BCUT2D eigenvalue weighted by atomic mass is 10.0. The Bertz CT molecular complexity index is 579. The third-order valence-electron chi connectivity index (χ3n) is 7.61. The van der Waals surface area contributed by atoms with Gasteiger partial charge < -0.3 is 71.5 Å². The maximum absolute atomic E-state index is 9.59. The van der Waals surface area contributed by atoms with E-state index in [0.717, 1.165) is 83.5 Å². The highest BCUT2D eigenvalue weighted by Gasteiger charge is 2.14. The van der Waals surface area contributed by atoms with Crippen molar-refractivity contribution < 1.29 is 71.5 Å². The summed E-state index contributed by atoms with van der Waals surface area (Å²) >= 11 is 0. The predicted octanol–water partition coefficient (Wildman–Crippen LogP) is 3.71. The highest BCUT2D eigenvalue weighted by Crippen LogP contribution is 2.12. The van der Waals surface area contributed by atoms with Crippen molar-refractivity contribution in [2.24, 2.45) is 0 Å². The van der Waals surface area contributed by atoms with Crippen LogP contribution in [0.25, 0.3) is 0 Å². The Balaban J connectivity index is -0.000000103. The van der Waals surface area contributed by atoms with Crippen molar-refractivity contribution in [3.05, 3.63) is 0 Å². The number of hydrogen-bond acceptors (Lipinski definition) is 14. The molecule has 14 nitrogen and oxygen atoms in total. The molecule has 0 aromatic heterocycles. The number of rotatable bonds is 26. The van der Waals surface area contributed by atoms with Crippen LogP contribution in [0.1, 0.15) is 184 Å². The first kappa shape index (κ1) is 70.0. The molecule has 0 aromatic rings. The quantitative estimate of drug-likeness (QED) is 0.0554. The number of aliphatic hydroxyl groups excluding tert-OH is 14. The fourth-order valence-corrected chi connectivity index (χ4v) is 3.82. The van der Waals surface area contributed by atoms with Crippen LogP contribution in [0.5, 0.6) is 0 Å². The Labute approximate surface area is 343 Å². The molecule has 0 aliphatic carbocycles. The lowest BCUT2D eigenvalue weighted by Gasteiger charge is -2.17. The van der Waals surface area contributed by atoms with Crippen molar-refractivity contribution in [3.63, 3.8) is 0 Å². The maximum atomic E-state index is 9.59. The second-order valence-corrected chi connectivity index (χ2v) is 14.2. The van der Waals surface area contributed by atoms with Gasteiger partial charge in [0.2, 0.25) is 0 Å². The molecule has 56 heavy (non-hydrogen) atoms. The molecular weight excluding hydrogens is 728 g/mol. The van der Waals surface area contributed by atoms with E-state index >= 15 is 0 Å². The average molecular weight is 827 g/mol. The fraction of sp³-hybridized carbons (Fsp3) is 1.00. The highest BCUT2D eigenvalue weighted by molar-refractivity contribution is 4.67. The van der Waals surface area contributed by atoms with Gasteiger partial charge in [-0.25, -0.2) is 0 Å². The molecule has 0 saturated carbocycles. The van der Waals surface area contributed by atoms with Gasteiger partial charge in [0.25, 0.3) is 0 Å². The number of unbranched alkanes of at least 4 members (excludes halogenated alkanes) is 7. The van der Waals surface area contributed by atoms with Gasteiger partial charge in [-0.2, -0.15) is 0 Å². The second-order valence-electron chi connectivity index (χ2n) is 14.2. The first-order valence-electron chi connectivity index (χ1n) is 21.5. The van der Waals surface area contributed by atoms with Crippen molar-refractivity contribution in [2.75, 3.05) is 33.0 Å². The third kappa shape index (κ3) is 81.6. The summed E-state index contributed by atoms with van der Waals surface area (Å²) in [7, 11) is 0. The topological polar surface area (TPSA) is 283 Å². The lowest BCUT2D eigenvalue weighted by molar-refractivity contribution is 0.00725. The zero-order chi connectivity index (χ0) is 45.2. The van der Waals surface area contributed by atoms with Crippen LogP contribution in [-0.4, -0.2) is 159 Å². The van der Waals surface area contributed by atoms with E-state index in [4.69, 9.17) is 61.3 Å². The minimum absolute atomic E-state index is 0.0509. The molecule has 8 unspecified atom stereocenters. The fourth-order valence-electron chi connectivity index (χ4n) is 3.82. The summed E-state index contributed by atoms with van der Waals surface area (Å²) in [6, 6.07) is 0. The standard InChI is InChI=1S/C12H26O2.C6H14O4.2C6H14O2.C6H14O.C3H8O2.C3H8O/c1-3-5-7-9-11(13)12(14)10-8-6-4-2;7-3-5(9)1-2-6(10)4-8;1-3-5(7)6(8)4-2;7-5-3-1-2-4-6-8;1-3-5-6(7)4-2;1-3(5)2-4;1-3(2)4/h11-14H,3-10H2,1-2H3;5-10H,1-4H2;5-8H,3-4H2,1-2H3;7-8H,1-6H2;6-7H,3-5H2,1-2H3;3-5H,2H2,1H3;3-4H,1-2H3. The van der Waals surface area contributed by atoms with Gasteiger partial charge in [-0.1, -0.05) is 99.3 Å². The molecule has 0 aromatic carbocycles. The Morgan fingerprint density at radius 3 is 0.821 bits per heavy atom. The van der Waals surface area contributed by atoms with E-state index in [0.29, 0.717) is 25.7 Å². The Kier molecular flexibility index (Phi) is 76.4. The van der Waals surface area contributed by atoms with Crippen molar-refractivity contribution >= 4 is 0 Å². The Hall–Kier alpha value is -0.560. The van der Waals surface area contributed by atoms with Crippen LogP contribution >= 0.6 is 0 Å². The van der Waals surface area contributed by atoms with Crippen LogP contribution in [0.15, 0.2) is 0 Å². The Morgan fingerprint density at radius 2 is 0.643 bits per heavy atom. The van der Waals surface area contributed by atoms with Gasteiger partial charge in [0.05, 0.1) is 68.7 Å². The summed E-state index contributed by atoms with van der Waals surface area (Å²) in [5.41, 5.74) is 0. The van der Waals surface area contributed by atoms with Gasteiger partial charge in [-0.3, -0.25) is 0 Å². The van der Waals surface area contributed by atoms with E-state index in [1.54, 1.807) is 13.8 Å². The molecule has 0 amide bonds. The first-order valence-corrected chi connectivity index (χ1v) is 21.5. The molecule has 0 aliphatic rings. The lowest BCUT2D eigenvalue weighted by Crippen LogP contribution is -2.25. The number of aliphatic hydroxyl groups is 14. The molecular formula is C42H98O14. The van der Waals surface area contributed by atoms with E-state index in [2.05, 4.69) is 20.8 Å². The second kappa shape index (κ2) is 61.1. The summed E-state index contributed by atoms with van der Waals surface area (Å²) in [4.78, 5) is 0. The van der Waals surface area contributed by atoms with E-state index in [-0.39, 0.29) is 45.2 Å². The van der Waals surface area contributed by atoms with Crippen LogP contribution in [0.4, 0.5) is 0 Å². The summed E-state index contributed by atoms with van der Waals surface area (Å²) < 4.78 is 0. The van der Waals surface area contributed by atoms with Crippen LogP contribution in [0.2, 0.25) is 0 Å². The van der Waals surface area contributed by atoms with Crippen molar-refractivity contribution in [1.82, 2.24) is 0 Å². The summed E-state index contributed by atoms with van der Waals surface area (Å²) in [6.07, 6.45) is 12.5. The summed E-state index contributed by atoms with van der Waals surface area (Å²) in [5.74, 6) is 0. The summed E-state index contributed by atoms with van der Waals surface area (Å²) in [6.45, 7) is 16.9. The van der Waals surface area contributed by atoms with E-state index in [1.165, 1.54) is 19.8 Å². The van der Waals surface area contributed by atoms with Crippen LogP contribution in [0.3, 0.4) is 0 Å². The molecule has 0 fully saturated rings. The van der Waals surface area contributed by atoms with Gasteiger partial charge in [0.1, 0.15) is 0 Å². The van der Waals surface area contributed by atoms with Crippen molar-refractivity contribution in [2.45, 2.75) is 239 Å². The first-order chi connectivity index (χ1) is 26.4. The zero-order valence-electron chi connectivity index (χ0n) is 37.4. The van der Waals surface area contributed by atoms with Crippen LogP contribution < -0.4 is 0 Å². The monoisotopic (exact) mass is 827 g/mol. The van der Waals surface area contributed by atoms with Gasteiger partial charge in [-0.05, 0) is 85.0 Å². The molecule has 0 bridgehead atoms. The van der Waals surface area contributed by atoms with E-state index in [9.17, 15) is 10.2 Å². The minimum Gasteiger partial charge on any atom is -0.396 e. The molecule has 0 spiro atoms. The van der Waals surface area contributed by atoms with E-state index < -0.39 is 42.7 Å². The van der Waals surface area contributed by atoms with Gasteiger partial charge in [0, 0.05) is 19.3 Å². The van der Waals surface area contributed by atoms with Crippen LogP contribution in [0, 0.1) is 0 Å². The van der Waals surface area contributed by atoms with Gasteiger partial charge in [0.15, 0.2) is 0 Å². The third-order valence-corrected chi connectivity index (χ3v) is 7.61. The Morgan fingerprint density at radius 1 is 0.321 bits per heavy atom. The molecule has 14 heteroatoms. The normalized spacial score (nSPS) is 14.6. The van der Waals surface area contributed by atoms with Gasteiger partial charge in [-0.15, -0.1) is 0 Å². The largest absolute Gasteiger partial charge is 0.396 e. The highest BCUT2D eigenvalue weighted by atomic mass is 16.3. The molecule has 0 rings (SSSR count). The zero-order valence-corrected chi connectivity index (χ0v) is 37.4. The molecule has 0 heterocycles. The van der Waals surface area contributed by atoms with E-state index in [1.807, 2.05) is 20.8 Å². The summed E-state index contributed by atoms with van der Waals surface area (Å²) in [5, 5.41) is 121. The minimum atomic E-state index is -0.777. The number of hydrogen-bond donors (Lipinski definition) is 14. The molecule has 350 valence electrons. The molecule has 0 saturated heterocycles. The van der Waals surface area contributed by atoms with Crippen molar-refractivity contribution in [3.8, 4) is 0 Å². The van der Waals surface area contributed by atoms with Crippen LogP contribution in [-0.2, 0) is 0 Å². The SMILES string of the molecule is CC(C)O.CC(O)CO.CCC(O)C(O)CC.CCCC(O)CC.CCCCCC(O)C(O)CCCCC.OCC(O)CCC(O)CO.OCCCCCCO. The molecule has 14 N–H and O–H groups in total. The maximum Gasteiger partial charge on any atom is 0.0799 e. The predicted molar refractivity (Wildman–Crippen MR) is 228 cm³/mol. The smallest absolute Gasteiger partial charge is 0.0799 e.